The fourth-order valence-electron chi connectivity index (χ4n) is 8.15. The van der Waals surface area contributed by atoms with E-state index in [2.05, 4.69) is 188 Å². The molecule has 0 radical (unpaired) electrons. The first kappa shape index (κ1) is 31.6. The summed E-state index contributed by atoms with van der Waals surface area (Å²) in [5.41, 5.74) is 13.5. The van der Waals surface area contributed by atoms with E-state index in [9.17, 15) is 0 Å². The fraction of sp³-hybridized carbons (Fsp3) is 0. The van der Waals surface area contributed by atoms with Gasteiger partial charge in [-0.25, -0.2) is 4.98 Å². The lowest BCUT2D eigenvalue weighted by molar-refractivity contribution is 1.31. The maximum absolute atomic E-state index is 5.18. The Morgan fingerprint density at radius 2 is 0.800 bits per heavy atom. The maximum atomic E-state index is 5.18. The molecule has 0 aliphatic heterocycles. The second-order valence-electron chi connectivity index (χ2n) is 14.1. The Labute approximate surface area is 322 Å². The summed E-state index contributed by atoms with van der Waals surface area (Å²) in [6.07, 6.45) is 1.91. The van der Waals surface area contributed by atoms with E-state index in [1.54, 1.807) is 0 Å². The summed E-state index contributed by atoms with van der Waals surface area (Å²) >= 11 is 1.88. The molecule has 0 fully saturated rings. The predicted octanol–water partition coefficient (Wildman–Crippen LogP) is 14.6. The number of benzene rings is 9. The Morgan fingerprint density at radius 1 is 0.327 bits per heavy atom. The van der Waals surface area contributed by atoms with E-state index in [0.29, 0.717) is 0 Å². The lowest BCUT2D eigenvalue weighted by Gasteiger charge is -2.11. The molecular weight excluding hydrogens is 685 g/mol. The number of fused-ring (bicyclic) bond motifs is 9. The molecule has 2 heterocycles. The van der Waals surface area contributed by atoms with Gasteiger partial charge in [0.15, 0.2) is 0 Å². The normalized spacial score (nSPS) is 11.6. The first-order chi connectivity index (χ1) is 27.2. The molecule has 0 amide bonds. The highest BCUT2D eigenvalue weighted by Crippen LogP contribution is 2.40. The highest BCUT2D eigenvalue weighted by Gasteiger charge is 2.13. The quantitative estimate of drug-likeness (QED) is 0.166. The van der Waals surface area contributed by atoms with Crippen LogP contribution in [0.4, 0.5) is 0 Å². The van der Waals surface area contributed by atoms with Crippen molar-refractivity contribution in [2.24, 2.45) is 0 Å². The van der Waals surface area contributed by atoms with Crippen LogP contribution in [0.25, 0.3) is 109 Å². The van der Waals surface area contributed by atoms with Crippen molar-refractivity contribution in [3.8, 4) is 55.8 Å². The third kappa shape index (κ3) is 5.40. The standard InChI is InChI=1S/C52H32N2S/c1-3-14-45-42(11-1)43-12-2-4-15-46(43)51-50(45)53-32-48(54-51)38-29-25-36(26-30-38)40-10-7-9-39(31-40)35-21-19-33(20-22-35)34-23-27-37(28-24-34)41-16-8-17-47-44-13-5-6-18-49(44)55-52(41)47/h1-32H. The number of hydrogen-bond donors (Lipinski definition) is 0. The van der Waals surface area contributed by atoms with E-state index >= 15 is 0 Å². The van der Waals surface area contributed by atoms with Crippen molar-refractivity contribution in [3.63, 3.8) is 0 Å². The molecule has 0 spiro atoms. The lowest BCUT2D eigenvalue weighted by Crippen LogP contribution is -1.92. The molecule has 2 nitrogen and oxygen atoms in total. The van der Waals surface area contributed by atoms with Gasteiger partial charge in [-0.1, -0.05) is 176 Å². The van der Waals surface area contributed by atoms with Gasteiger partial charge in [0.25, 0.3) is 0 Å². The zero-order valence-electron chi connectivity index (χ0n) is 29.8. The van der Waals surface area contributed by atoms with Gasteiger partial charge in [-0.3, -0.25) is 4.98 Å². The third-order valence-corrected chi connectivity index (χ3v) is 12.2. The van der Waals surface area contributed by atoms with Crippen LogP contribution in [0.1, 0.15) is 0 Å². The molecule has 11 rings (SSSR count). The van der Waals surface area contributed by atoms with Crippen molar-refractivity contribution in [1.29, 1.82) is 0 Å². The van der Waals surface area contributed by atoms with Crippen LogP contribution in [0.5, 0.6) is 0 Å². The van der Waals surface area contributed by atoms with Crippen LogP contribution in [-0.4, -0.2) is 9.97 Å². The fourth-order valence-corrected chi connectivity index (χ4v) is 9.38. The van der Waals surface area contributed by atoms with Crippen LogP contribution in [0.3, 0.4) is 0 Å². The summed E-state index contributed by atoms with van der Waals surface area (Å²) < 4.78 is 2.68. The summed E-state index contributed by atoms with van der Waals surface area (Å²) in [4.78, 5) is 10.1. The first-order valence-electron chi connectivity index (χ1n) is 18.6. The van der Waals surface area contributed by atoms with Crippen LogP contribution < -0.4 is 0 Å². The van der Waals surface area contributed by atoms with Crippen molar-refractivity contribution in [2.45, 2.75) is 0 Å². The number of hydrogen-bond acceptors (Lipinski definition) is 3. The lowest BCUT2D eigenvalue weighted by atomic mass is 9.95. The third-order valence-electron chi connectivity index (χ3n) is 11.0. The number of aromatic nitrogens is 2. The van der Waals surface area contributed by atoms with Gasteiger partial charge in [-0.05, 0) is 67.4 Å². The minimum Gasteiger partial charge on any atom is -0.252 e. The SMILES string of the molecule is c1cc(-c2ccc(-c3ccc(-c4cccc5c4sc4ccccc45)cc3)cc2)cc(-c2ccc(-c3cnc4c5ccccc5c5ccccc5c4n3)cc2)c1. The van der Waals surface area contributed by atoms with Crippen molar-refractivity contribution in [2.75, 3.05) is 0 Å². The van der Waals surface area contributed by atoms with Crippen LogP contribution in [0, 0.1) is 0 Å². The molecule has 0 unspecified atom stereocenters. The minimum absolute atomic E-state index is 0.872. The minimum atomic E-state index is 0.872. The molecule has 0 atom stereocenters. The highest BCUT2D eigenvalue weighted by atomic mass is 32.1. The second kappa shape index (κ2) is 12.9. The van der Waals surface area contributed by atoms with E-state index in [0.717, 1.165) is 33.1 Å². The zero-order chi connectivity index (χ0) is 36.3. The molecule has 256 valence electrons. The van der Waals surface area contributed by atoms with Crippen molar-refractivity contribution in [1.82, 2.24) is 9.97 Å². The number of thiophene rings is 1. The van der Waals surface area contributed by atoms with Gasteiger partial charge in [0.05, 0.1) is 22.9 Å². The predicted molar refractivity (Wildman–Crippen MR) is 235 cm³/mol. The van der Waals surface area contributed by atoms with E-state index in [1.165, 1.54) is 75.5 Å². The van der Waals surface area contributed by atoms with Gasteiger partial charge >= 0.3 is 0 Å². The Kier molecular flexibility index (Phi) is 7.39. The molecule has 0 bridgehead atoms. The summed E-state index contributed by atoms with van der Waals surface area (Å²) in [6, 6.07) is 67.7. The van der Waals surface area contributed by atoms with E-state index < -0.39 is 0 Å². The molecule has 2 aromatic heterocycles. The molecule has 55 heavy (non-hydrogen) atoms. The zero-order valence-corrected chi connectivity index (χ0v) is 30.6. The van der Waals surface area contributed by atoms with Crippen LogP contribution in [0.15, 0.2) is 194 Å². The van der Waals surface area contributed by atoms with Gasteiger partial charge in [-0.15, -0.1) is 11.3 Å². The molecule has 11 aromatic rings. The molecule has 0 saturated heterocycles. The average Bonchev–Trinajstić information content (AvgIpc) is 3.66. The Bertz CT molecular complexity index is 3200. The molecule has 0 saturated carbocycles. The maximum Gasteiger partial charge on any atom is 0.0979 e. The van der Waals surface area contributed by atoms with Crippen LogP contribution >= 0.6 is 11.3 Å². The average molecular weight is 717 g/mol. The largest absolute Gasteiger partial charge is 0.252 e. The van der Waals surface area contributed by atoms with Gasteiger partial charge in [0.2, 0.25) is 0 Å². The Balaban J connectivity index is 0.851. The van der Waals surface area contributed by atoms with Crippen LogP contribution in [-0.2, 0) is 0 Å². The molecule has 3 heteroatoms. The van der Waals surface area contributed by atoms with Gasteiger partial charge in [0.1, 0.15) is 0 Å². The smallest absolute Gasteiger partial charge is 0.0979 e. The molecule has 9 aromatic carbocycles. The summed E-state index contributed by atoms with van der Waals surface area (Å²) in [5.74, 6) is 0. The van der Waals surface area contributed by atoms with Gasteiger partial charge in [0, 0.05) is 36.5 Å². The molecule has 0 aliphatic carbocycles. The van der Waals surface area contributed by atoms with E-state index in [1.807, 2.05) is 17.5 Å². The monoisotopic (exact) mass is 716 g/mol. The topological polar surface area (TPSA) is 25.8 Å². The molecule has 0 aliphatic rings. The van der Waals surface area contributed by atoms with Gasteiger partial charge < -0.3 is 0 Å². The Hall–Kier alpha value is -6.94. The van der Waals surface area contributed by atoms with E-state index in [4.69, 9.17) is 9.97 Å². The number of rotatable bonds is 5. The van der Waals surface area contributed by atoms with Crippen molar-refractivity contribution < 1.29 is 0 Å². The molecular formula is C52H32N2S. The van der Waals surface area contributed by atoms with E-state index in [-0.39, 0.29) is 0 Å². The second-order valence-corrected chi connectivity index (χ2v) is 15.2. The number of nitrogens with zero attached hydrogens (tertiary/aromatic N) is 2. The summed E-state index contributed by atoms with van der Waals surface area (Å²) in [5, 5.41) is 7.33. The Morgan fingerprint density at radius 3 is 1.44 bits per heavy atom. The van der Waals surface area contributed by atoms with Crippen LogP contribution in [0.2, 0.25) is 0 Å². The van der Waals surface area contributed by atoms with Crippen molar-refractivity contribution >= 4 is 64.1 Å². The first-order valence-corrected chi connectivity index (χ1v) is 19.5. The molecule has 0 N–H and O–H groups in total. The van der Waals surface area contributed by atoms with Crippen molar-refractivity contribution in [3.05, 3.63) is 194 Å². The van der Waals surface area contributed by atoms with Gasteiger partial charge in [-0.2, -0.15) is 0 Å². The summed E-state index contributed by atoms with van der Waals surface area (Å²) in [7, 11) is 0. The summed E-state index contributed by atoms with van der Waals surface area (Å²) in [6.45, 7) is 0. The highest BCUT2D eigenvalue weighted by molar-refractivity contribution is 7.26.